The topological polar surface area (TPSA) is 20.3 Å². The second kappa shape index (κ2) is 5.87. The molecule has 0 spiro atoms. The molecule has 0 bridgehead atoms. The molecule has 1 amide bonds. The molecule has 1 saturated heterocycles. The van der Waals surface area contributed by atoms with Crippen LogP contribution in [-0.2, 0) is 6.42 Å². The van der Waals surface area contributed by atoms with Crippen molar-refractivity contribution in [3.05, 3.63) is 21.9 Å². The van der Waals surface area contributed by atoms with Crippen molar-refractivity contribution in [2.45, 2.75) is 38.6 Å². The van der Waals surface area contributed by atoms with Crippen molar-refractivity contribution < 1.29 is 4.79 Å². The SMILES string of the molecule is CCc1ccsc1C(=O)N1CCCCC1CCl. The summed E-state index contributed by atoms with van der Waals surface area (Å²) in [5.41, 5.74) is 1.17. The Bertz CT molecular complexity index is 391. The van der Waals surface area contributed by atoms with Gasteiger partial charge in [-0.05, 0) is 42.7 Å². The molecule has 4 heteroatoms. The van der Waals surface area contributed by atoms with Crippen LogP contribution in [0, 0.1) is 0 Å². The standard InChI is InChI=1S/C13H18ClNOS/c1-2-10-6-8-17-12(10)13(16)15-7-4-3-5-11(15)9-14/h6,8,11H,2-5,7,9H2,1H3. The first-order chi connectivity index (χ1) is 8.27. The van der Waals surface area contributed by atoms with E-state index in [0.717, 1.165) is 30.7 Å². The average molecular weight is 272 g/mol. The number of thiophene rings is 1. The molecule has 0 radical (unpaired) electrons. The smallest absolute Gasteiger partial charge is 0.264 e. The van der Waals surface area contributed by atoms with Crippen molar-refractivity contribution in [3.8, 4) is 0 Å². The average Bonchev–Trinajstić information content (AvgIpc) is 2.86. The van der Waals surface area contributed by atoms with Gasteiger partial charge >= 0.3 is 0 Å². The van der Waals surface area contributed by atoms with E-state index in [4.69, 9.17) is 11.6 Å². The minimum atomic E-state index is 0.183. The molecule has 0 saturated carbocycles. The maximum Gasteiger partial charge on any atom is 0.264 e. The van der Waals surface area contributed by atoms with Crippen LogP contribution < -0.4 is 0 Å². The Kier molecular flexibility index (Phi) is 4.46. The Labute approximate surface area is 112 Å². The van der Waals surface area contributed by atoms with Crippen molar-refractivity contribution in [2.24, 2.45) is 0 Å². The third-order valence-corrected chi connectivity index (χ3v) is 4.69. The molecular formula is C13H18ClNOS. The molecule has 1 aliphatic rings. The van der Waals surface area contributed by atoms with Gasteiger partial charge in [0.25, 0.3) is 5.91 Å². The lowest BCUT2D eigenvalue weighted by atomic mass is 10.0. The second-order valence-electron chi connectivity index (χ2n) is 4.43. The Morgan fingerprint density at radius 1 is 1.59 bits per heavy atom. The lowest BCUT2D eigenvalue weighted by molar-refractivity contribution is 0.0643. The first-order valence-electron chi connectivity index (χ1n) is 6.21. The van der Waals surface area contributed by atoms with Crippen LogP contribution in [0.1, 0.15) is 41.4 Å². The minimum absolute atomic E-state index is 0.183. The summed E-state index contributed by atoms with van der Waals surface area (Å²) in [6.45, 7) is 2.95. The summed E-state index contributed by atoms with van der Waals surface area (Å²) in [4.78, 5) is 15.4. The number of carbonyl (C=O) groups is 1. The van der Waals surface area contributed by atoms with E-state index in [9.17, 15) is 4.79 Å². The Hall–Kier alpha value is -0.540. The summed E-state index contributed by atoms with van der Waals surface area (Å²) in [5, 5.41) is 2.01. The van der Waals surface area contributed by atoms with Crippen LogP contribution in [-0.4, -0.2) is 29.3 Å². The van der Waals surface area contributed by atoms with E-state index in [2.05, 4.69) is 13.0 Å². The zero-order valence-electron chi connectivity index (χ0n) is 10.1. The number of carbonyl (C=O) groups excluding carboxylic acids is 1. The monoisotopic (exact) mass is 271 g/mol. The van der Waals surface area contributed by atoms with E-state index in [1.54, 1.807) is 11.3 Å². The van der Waals surface area contributed by atoms with Crippen molar-refractivity contribution in [1.29, 1.82) is 0 Å². The van der Waals surface area contributed by atoms with E-state index in [1.807, 2.05) is 10.3 Å². The number of amides is 1. The number of hydrogen-bond acceptors (Lipinski definition) is 2. The highest BCUT2D eigenvalue weighted by Gasteiger charge is 2.28. The summed E-state index contributed by atoms with van der Waals surface area (Å²) in [7, 11) is 0. The van der Waals surface area contributed by atoms with Gasteiger partial charge in [-0.2, -0.15) is 0 Å². The number of likely N-dealkylation sites (tertiary alicyclic amines) is 1. The molecule has 2 nitrogen and oxygen atoms in total. The molecule has 17 heavy (non-hydrogen) atoms. The van der Waals surface area contributed by atoms with Gasteiger partial charge < -0.3 is 4.90 Å². The maximum atomic E-state index is 12.5. The summed E-state index contributed by atoms with van der Waals surface area (Å²) in [6, 6.07) is 2.28. The van der Waals surface area contributed by atoms with Gasteiger partial charge in [0.1, 0.15) is 0 Å². The highest BCUT2D eigenvalue weighted by molar-refractivity contribution is 7.12. The Morgan fingerprint density at radius 3 is 3.12 bits per heavy atom. The second-order valence-corrected chi connectivity index (χ2v) is 5.66. The van der Waals surface area contributed by atoms with Crippen molar-refractivity contribution >= 4 is 28.8 Å². The molecule has 2 heterocycles. The van der Waals surface area contributed by atoms with E-state index in [-0.39, 0.29) is 11.9 Å². The molecule has 1 aromatic heterocycles. The summed E-state index contributed by atoms with van der Waals surface area (Å²) in [6.07, 6.45) is 4.25. The lowest BCUT2D eigenvalue weighted by Crippen LogP contribution is -2.44. The molecule has 1 fully saturated rings. The predicted octanol–water partition coefficient (Wildman–Crippen LogP) is 3.54. The first-order valence-corrected chi connectivity index (χ1v) is 7.62. The highest BCUT2D eigenvalue weighted by atomic mass is 35.5. The van der Waals surface area contributed by atoms with E-state index < -0.39 is 0 Å². The van der Waals surface area contributed by atoms with Crippen LogP contribution in [0.3, 0.4) is 0 Å². The minimum Gasteiger partial charge on any atom is -0.334 e. The van der Waals surface area contributed by atoms with Gasteiger partial charge in [0, 0.05) is 18.5 Å². The van der Waals surface area contributed by atoms with Gasteiger partial charge in [0.05, 0.1) is 4.88 Å². The first kappa shape index (κ1) is 12.9. The normalized spacial score (nSPS) is 20.6. The molecule has 2 rings (SSSR count). The van der Waals surface area contributed by atoms with E-state index in [0.29, 0.717) is 5.88 Å². The Morgan fingerprint density at radius 2 is 2.41 bits per heavy atom. The van der Waals surface area contributed by atoms with Crippen LogP contribution in [0.15, 0.2) is 11.4 Å². The fourth-order valence-electron chi connectivity index (χ4n) is 2.36. The lowest BCUT2D eigenvalue weighted by Gasteiger charge is -2.34. The van der Waals surface area contributed by atoms with Gasteiger partial charge in [-0.3, -0.25) is 4.79 Å². The predicted molar refractivity (Wildman–Crippen MR) is 73.1 cm³/mol. The van der Waals surface area contributed by atoms with Crippen molar-refractivity contribution in [3.63, 3.8) is 0 Å². The molecule has 1 unspecified atom stereocenters. The van der Waals surface area contributed by atoms with Crippen LogP contribution in [0.4, 0.5) is 0 Å². The van der Waals surface area contributed by atoms with Crippen LogP contribution in [0.2, 0.25) is 0 Å². The summed E-state index contributed by atoms with van der Waals surface area (Å²) >= 11 is 7.52. The fraction of sp³-hybridized carbons (Fsp3) is 0.615. The number of alkyl halides is 1. The third-order valence-electron chi connectivity index (χ3n) is 3.39. The largest absolute Gasteiger partial charge is 0.334 e. The molecule has 1 aromatic rings. The number of nitrogens with zero attached hydrogens (tertiary/aromatic N) is 1. The van der Waals surface area contributed by atoms with Crippen LogP contribution >= 0.6 is 22.9 Å². The molecule has 94 valence electrons. The Balaban J connectivity index is 2.18. The quantitative estimate of drug-likeness (QED) is 0.770. The molecule has 1 aliphatic heterocycles. The van der Waals surface area contributed by atoms with Gasteiger partial charge in [-0.25, -0.2) is 0 Å². The van der Waals surface area contributed by atoms with Crippen LogP contribution in [0.25, 0.3) is 0 Å². The van der Waals surface area contributed by atoms with Crippen molar-refractivity contribution in [2.75, 3.05) is 12.4 Å². The zero-order chi connectivity index (χ0) is 12.3. The van der Waals surface area contributed by atoms with E-state index >= 15 is 0 Å². The number of piperidine rings is 1. The molecule has 0 aromatic carbocycles. The van der Waals surface area contributed by atoms with Gasteiger partial charge in [-0.15, -0.1) is 22.9 Å². The fourth-order valence-corrected chi connectivity index (χ4v) is 3.63. The summed E-state index contributed by atoms with van der Waals surface area (Å²) in [5.74, 6) is 0.737. The zero-order valence-corrected chi connectivity index (χ0v) is 11.7. The number of hydrogen-bond donors (Lipinski definition) is 0. The van der Waals surface area contributed by atoms with Crippen molar-refractivity contribution in [1.82, 2.24) is 4.90 Å². The van der Waals surface area contributed by atoms with Gasteiger partial charge in [0.15, 0.2) is 0 Å². The highest BCUT2D eigenvalue weighted by Crippen LogP contribution is 2.25. The third kappa shape index (κ3) is 2.66. The summed E-state index contributed by atoms with van der Waals surface area (Å²) < 4.78 is 0. The van der Waals surface area contributed by atoms with Gasteiger partial charge in [-0.1, -0.05) is 6.92 Å². The molecule has 0 aliphatic carbocycles. The molecular weight excluding hydrogens is 254 g/mol. The molecule has 1 atom stereocenters. The number of halogens is 1. The maximum absolute atomic E-state index is 12.5. The molecule has 0 N–H and O–H groups in total. The van der Waals surface area contributed by atoms with E-state index in [1.165, 1.54) is 12.0 Å². The van der Waals surface area contributed by atoms with Gasteiger partial charge in [0.2, 0.25) is 0 Å². The van der Waals surface area contributed by atoms with Crippen LogP contribution in [0.5, 0.6) is 0 Å². The number of aryl methyl sites for hydroxylation is 1. The number of rotatable bonds is 3.